The van der Waals surface area contributed by atoms with E-state index < -0.39 is 4.92 Å². The van der Waals surface area contributed by atoms with E-state index >= 15 is 0 Å². The fourth-order valence-electron chi connectivity index (χ4n) is 2.73. The van der Waals surface area contributed by atoms with Gasteiger partial charge in [-0.25, -0.2) is 0 Å². The van der Waals surface area contributed by atoms with Crippen molar-refractivity contribution < 1.29 is 9.72 Å². The maximum absolute atomic E-state index is 12.2. The van der Waals surface area contributed by atoms with Gasteiger partial charge in [-0.15, -0.1) is 0 Å². The van der Waals surface area contributed by atoms with Gasteiger partial charge in [0.1, 0.15) is 0 Å². The van der Waals surface area contributed by atoms with Gasteiger partial charge < -0.3 is 4.90 Å². The first-order valence-corrected chi connectivity index (χ1v) is 7.90. The number of carbonyl (C=O) groups excluding carboxylic acids is 1. The number of benzene rings is 1. The molecule has 0 atom stereocenters. The number of para-hydroxylation sites is 1. The van der Waals surface area contributed by atoms with E-state index in [9.17, 15) is 14.9 Å². The van der Waals surface area contributed by atoms with Gasteiger partial charge in [0, 0.05) is 44.9 Å². The fourth-order valence-corrected chi connectivity index (χ4v) is 2.73. The average molecular weight is 317 g/mol. The molecule has 0 unspecified atom stereocenters. The molecule has 1 saturated heterocycles. The predicted molar refractivity (Wildman–Crippen MR) is 90.0 cm³/mol. The molecule has 1 aromatic rings. The maximum Gasteiger partial charge on any atom is 0.276 e. The molecule has 0 N–H and O–H groups in total. The van der Waals surface area contributed by atoms with Crippen molar-refractivity contribution in [2.75, 3.05) is 32.7 Å². The molecule has 0 radical (unpaired) electrons. The monoisotopic (exact) mass is 317 g/mol. The molecule has 1 aliphatic heterocycles. The number of nitro benzene ring substituents is 1. The number of rotatable bonds is 5. The number of nitrogens with zero attached hydrogens (tertiary/aromatic N) is 3. The second-order valence-corrected chi connectivity index (χ2v) is 6.17. The summed E-state index contributed by atoms with van der Waals surface area (Å²) >= 11 is 0. The highest BCUT2D eigenvalue weighted by Crippen LogP contribution is 2.19. The molecule has 1 heterocycles. The van der Waals surface area contributed by atoms with E-state index in [2.05, 4.69) is 18.7 Å². The van der Waals surface area contributed by atoms with Crippen LogP contribution in [0.15, 0.2) is 30.3 Å². The quantitative estimate of drug-likeness (QED) is 0.475. The molecule has 0 saturated carbocycles. The fraction of sp³-hybridized carbons (Fsp3) is 0.471. The van der Waals surface area contributed by atoms with Crippen molar-refractivity contribution in [3.8, 4) is 0 Å². The summed E-state index contributed by atoms with van der Waals surface area (Å²) in [6.45, 7) is 8.58. The first-order chi connectivity index (χ1) is 11.0. The molecule has 0 bridgehead atoms. The average Bonchev–Trinajstić information content (AvgIpc) is 2.53. The molecule has 0 aliphatic carbocycles. The molecular formula is C17H23N3O3. The van der Waals surface area contributed by atoms with Crippen LogP contribution < -0.4 is 0 Å². The van der Waals surface area contributed by atoms with Crippen LogP contribution >= 0.6 is 0 Å². The van der Waals surface area contributed by atoms with Crippen LogP contribution in [0.5, 0.6) is 0 Å². The smallest absolute Gasteiger partial charge is 0.276 e. The molecule has 0 spiro atoms. The van der Waals surface area contributed by atoms with Gasteiger partial charge in [-0.3, -0.25) is 19.8 Å². The highest BCUT2D eigenvalue weighted by molar-refractivity contribution is 5.92. The maximum atomic E-state index is 12.2. The van der Waals surface area contributed by atoms with Gasteiger partial charge in [0.25, 0.3) is 5.69 Å². The standard InChI is InChI=1S/C17H23N3O3/c1-14(2)13-18-9-11-19(12-10-18)17(21)8-7-15-5-3-4-6-16(15)20(22)23/h3-8,14H,9-13H2,1-2H3/b8-7+. The lowest BCUT2D eigenvalue weighted by Gasteiger charge is -2.35. The molecule has 124 valence electrons. The SMILES string of the molecule is CC(C)CN1CCN(C(=O)/C=C/c2ccccc2[N+](=O)[O-])CC1. The number of amides is 1. The van der Waals surface area contributed by atoms with E-state index in [-0.39, 0.29) is 11.6 Å². The van der Waals surface area contributed by atoms with Crippen molar-refractivity contribution in [2.24, 2.45) is 5.92 Å². The first kappa shape index (κ1) is 17.1. The summed E-state index contributed by atoms with van der Waals surface area (Å²) in [5.74, 6) is 0.531. The minimum Gasteiger partial charge on any atom is -0.337 e. The van der Waals surface area contributed by atoms with E-state index in [1.807, 2.05) is 0 Å². The van der Waals surface area contributed by atoms with Gasteiger partial charge in [-0.1, -0.05) is 26.0 Å². The Morgan fingerprint density at radius 1 is 1.26 bits per heavy atom. The third-order valence-electron chi connectivity index (χ3n) is 3.85. The Morgan fingerprint density at radius 2 is 1.91 bits per heavy atom. The summed E-state index contributed by atoms with van der Waals surface area (Å²) in [5.41, 5.74) is 0.461. The number of carbonyl (C=O) groups is 1. The van der Waals surface area contributed by atoms with Crippen LogP contribution in [-0.4, -0.2) is 53.4 Å². The molecule has 6 nitrogen and oxygen atoms in total. The van der Waals surface area contributed by atoms with Crippen LogP contribution in [0.2, 0.25) is 0 Å². The van der Waals surface area contributed by atoms with Gasteiger partial charge in [-0.2, -0.15) is 0 Å². The first-order valence-electron chi connectivity index (χ1n) is 7.90. The van der Waals surface area contributed by atoms with Crippen molar-refractivity contribution >= 4 is 17.7 Å². The molecule has 6 heteroatoms. The molecule has 23 heavy (non-hydrogen) atoms. The summed E-state index contributed by atoms with van der Waals surface area (Å²) in [6, 6.07) is 6.42. The lowest BCUT2D eigenvalue weighted by atomic mass is 10.1. The minimum absolute atomic E-state index is 0.0123. The van der Waals surface area contributed by atoms with E-state index in [4.69, 9.17) is 0 Å². The lowest BCUT2D eigenvalue weighted by molar-refractivity contribution is -0.385. The Bertz CT molecular complexity index is 591. The molecule has 2 rings (SSSR count). The van der Waals surface area contributed by atoms with Crippen LogP contribution in [0, 0.1) is 16.0 Å². The van der Waals surface area contributed by atoms with Crippen molar-refractivity contribution in [1.82, 2.24) is 9.80 Å². The Labute approximate surface area is 136 Å². The number of nitro groups is 1. The number of piperazine rings is 1. The molecule has 1 aromatic carbocycles. The van der Waals surface area contributed by atoms with Crippen LogP contribution in [0.25, 0.3) is 6.08 Å². The highest BCUT2D eigenvalue weighted by Gasteiger charge is 2.20. The summed E-state index contributed by atoms with van der Waals surface area (Å²) in [6.07, 6.45) is 2.96. The van der Waals surface area contributed by atoms with E-state index in [0.29, 0.717) is 24.6 Å². The normalized spacial score (nSPS) is 16.2. The summed E-state index contributed by atoms with van der Waals surface area (Å²) in [7, 11) is 0. The van der Waals surface area contributed by atoms with Crippen molar-refractivity contribution in [1.29, 1.82) is 0 Å². The van der Waals surface area contributed by atoms with E-state index in [0.717, 1.165) is 19.6 Å². The van der Waals surface area contributed by atoms with Crippen molar-refractivity contribution in [2.45, 2.75) is 13.8 Å². The van der Waals surface area contributed by atoms with Crippen molar-refractivity contribution in [3.05, 3.63) is 46.0 Å². The van der Waals surface area contributed by atoms with E-state index in [1.54, 1.807) is 23.1 Å². The van der Waals surface area contributed by atoms with Crippen molar-refractivity contribution in [3.63, 3.8) is 0 Å². The number of hydrogen-bond donors (Lipinski definition) is 0. The zero-order chi connectivity index (χ0) is 16.8. The Hall–Kier alpha value is -2.21. The summed E-state index contributed by atoms with van der Waals surface area (Å²) < 4.78 is 0. The third-order valence-corrected chi connectivity index (χ3v) is 3.85. The number of hydrogen-bond acceptors (Lipinski definition) is 4. The van der Waals surface area contributed by atoms with Crippen LogP contribution in [0.4, 0.5) is 5.69 Å². The van der Waals surface area contributed by atoms with Crippen LogP contribution in [-0.2, 0) is 4.79 Å². The van der Waals surface area contributed by atoms with E-state index in [1.165, 1.54) is 18.2 Å². The summed E-state index contributed by atoms with van der Waals surface area (Å²) in [4.78, 5) is 26.9. The van der Waals surface area contributed by atoms with Crippen LogP contribution in [0.3, 0.4) is 0 Å². The second kappa shape index (κ2) is 7.87. The zero-order valence-electron chi connectivity index (χ0n) is 13.6. The van der Waals surface area contributed by atoms with Gasteiger partial charge in [-0.05, 0) is 18.1 Å². The molecule has 1 amide bonds. The zero-order valence-corrected chi connectivity index (χ0v) is 13.6. The van der Waals surface area contributed by atoms with Crippen LogP contribution in [0.1, 0.15) is 19.4 Å². The molecule has 1 fully saturated rings. The highest BCUT2D eigenvalue weighted by atomic mass is 16.6. The Balaban J connectivity index is 1.94. The second-order valence-electron chi connectivity index (χ2n) is 6.17. The molecule has 0 aromatic heterocycles. The minimum atomic E-state index is -0.436. The van der Waals surface area contributed by atoms with Gasteiger partial charge in [0.05, 0.1) is 10.5 Å². The topological polar surface area (TPSA) is 66.7 Å². The van der Waals surface area contributed by atoms with Gasteiger partial charge in [0.2, 0.25) is 5.91 Å². The predicted octanol–water partition coefficient (Wildman–Crippen LogP) is 2.41. The molecule has 1 aliphatic rings. The third kappa shape index (κ3) is 4.89. The largest absolute Gasteiger partial charge is 0.337 e. The van der Waals surface area contributed by atoms with Gasteiger partial charge >= 0.3 is 0 Å². The molecular weight excluding hydrogens is 294 g/mol. The lowest BCUT2D eigenvalue weighted by Crippen LogP contribution is -2.49. The Kier molecular flexibility index (Phi) is 5.87. The van der Waals surface area contributed by atoms with Gasteiger partial charge in [0.15, 0.2) is 0 Å². The Morgan fingerprint density at radius 3 is 2.52 bits per heavy atom. The summed E-state index contributed by atoms with van der Waals surface area (Å²) in [5, 5.41) is 11.0.